The molecule has 0 bridgehead atoms. The van der Waals surface area contributed by atoms with Gasteiger partial charge < -0.3 is 10.6 Å². The van der Waals surface area contributed by atoms with Crippen molar-refractivity contribution in [3.63, 3.8) is 0 Å². The molecule has 1 amide bonds. The van der Waals surface area contributed by atoms with E-state index in [0.29, 0.717) is 6.04 Å². The van der Waals surface area contributed by atoms with E-state index in [1.54, 1.807) is 0 Å². The van der Waals surface area contributed by atoms with Crippen LogP contribution in [0.25, 0.3) is 0 Å². The van der Waals surface area contributed by atoms with Gasteiger partial charge in [-0.1, -0.05) is 32.6 Å². The lowest BCUT2D eigenvalue weighted by Crippen LogP contribution is -2.46. The van der Waals surface area contributed by atoms with E-state index in [1.807, 2.05) is 18.9 Å². The molecule has 0 aromatic heterocycles. The third-order valence-corrected chi connectivity index (χ3v) is 3.48. The van der Waals surface area contributed by atoms with Crippen LogP contribution in [0.1, 0.15) is 51.9 Å². The van der Waals surface area contributed by atoms with Gasteiger partial charge in [-0.05, 0) is 19.3 Å². The monoisotopic (exact) mass is 248 g/mol. The zero-order valence-electron chi connectivity index (χ0n) is 10.4. The Labute approximate surface area is 105 Å². The molecule has 0 aromatic carbocycles. The minimum Gasteiger partial charge on any atom is -0.341 e. The summed E-state index contributed by atoms with van der Waals surface area (Å²) in [5.41, 5.74) is 5.77. The lowest BCUT2D eigenvalue weighted by atomic mass is 10.1. The second-order valence-electron chi connectivity index (χ2n) is 4.61. The van der Waals surface area contributed by atoms with Crippen LogP contribution in [0.15, 0.2) is 0 Å². The fraction of sp³-hybridized carbons (Fsp3) is 0.917. The molecule has 16 heavy (non-hydrogen) atoms. The molecule has 1 aliphatic rings. The van der Waals surface area contributed by atoms with Crippen LogP contribution in [0.3, 0.4) is 0 Å². The van der Waals surface area contributed by atoms with Gasteiger partial charge in [0, 0.05) is 13.1 Å². The standard InChI is InChI=1S/C12H24N2O.ClH/c1-3-11(13)12(15)14(2)10-8-6-4-5-7-9-10;/h10-11H,3-9,13H2,1-2H3;1H/t11-;/m0./s1. The largest absolute Gasteiger partial charge is 0.341 e. The maximum absolute atomic E-state index is 11.9. The van der Waals surface area contributed by atoms with Gasteiger partial charge in [-0.25, -0.2) is 0 Å². The molecule has 1 atom stereocenters. The first-order valence-electron chi connectivity index (χ1n) is 6.19. The molecular weight excluding hydrogens is 224 g/mol. The minimum absolute atomic E-state index is 0. The molecule has 1 rings (SSSR count). The van der Waals surface area contributed by atoms with Gasteiger partial charge in [0.15, 0.2) is 0 Å². The van der Waals surface area contributed by atoms with Gasteiger partial charge >= 0.3 is 0 Å². The molecule has 1 aliphatic carbocycles. The number of amides is 1. The summed E-state index contributed by atoms with van der Waals surface area (Å²) < 4.78 is 0. The number of hydrogen-bond donors (Lipinski definition) is 1. The zero-order chi connectivity index (χ0) is 11.3. The molecule has 0 saturated heterocycles. The second-order valence-corrected chi connectivity index (χ2v) is 4.61. The lowest BCUT2D eigenvalue weighted by Gasteiger charge is -2.29. The number of nitrogens with two attached hydrogens (primary N) is 1. The van der Waals surface area contributed by atoms with Gasteiger partial charge in [0.1, 0.15) is 0 Å². The molecular formula is C12H25ClN2O. The highest BCUT2D eigenvalue weighted by atomic mass is 35.5. The number of likely N-dealkylation sites (N-methyl/N-ethyl adjacent to an activating group) is 1. The van der Waals surface area contributed by atoms with Gasteiger partial charge in [0.05, 0.1) is 6.04 Å². The predicted octanol–water partition coefficient (Wildman–Crippen LogP) is 2.33. The van der Waals surface area contributed by atoms with Crippen LogP contribution in [-0.4, -0.2) is 29.9 Å². The molecule has 0 aliphatic heterocycles. The molecule has 0 unspecified atom stereocenters. The first-order valence-corrected chi connectivity index (χ1v) is 6.19. The third kappa shape index (κ3) is 4.30. The van der Waals surface area contributed by atoms with Crippen LogP contribution < -0.4 is 5.73 Å². The van der Waals surface area contributed by atoms with Crippen LogP contribution >= 0.6 is 12.4 Å². The van der Waals surface area contributed by atoms with E-state index in [9.17, 15) is 4.79 Å². The summed E-state index contributed by atoms with van der Waals surface area (Å²) in [6.07, 6.45) is 8.18. The van der Waals surface area contributed by atoms with E-state index < -0.39 is 0 Å². The van der Waals surface area contributed by atoms with Gasteiger partial charge in [-0.3, -0.25) is 4.79 Å². The molecule has 96 valence electrons. The van der Waals surface area contributed by atoms with Crippen LogP contribution in [0.5, 0.6) is 0 Å². The lowest BCUT2D eigenvalue weighted by molar-refractivity contribution is -0.133. The Morgan fingerprint density at radius 1 is 1.31 bits per heavy atom. The van der Waals surface area contributed by atoms with E-state index in [2.05, 4.69) is 0 Å². The van der Waals surface area contributed by atoms with E-state index in [-0.39, 0.29) is 24.4 Å². The van der Waals surface area contributed by atoms with Gasteiger partial charge in [-0.15, -0.1) is 12.4 Å². The third-order valence-electron chi connectivity index (χ3n) is 3.48. The van der Waals surface area contributed by atoms with E-state index in [4.69, 9.17) is 5.73 Å². The Balaban J connectivity index is 0.00000225. The molecule has 0 aromatic rings. The zero-order valence-corrected chi connectivity index (χ0v) is 11.3. The summed E-state index contributed by atoms with van der Waals surface area (Å²) in [6.45, 7) is 1.96. The van der Waals surface area contributed by atoms with Crippen LogP contribution in [0.4, 0.5) is 0 Å². The molecule has 0 heterocycles. The summed E-state index contributed by atoms with van der Waals surface area (Å²) in [4.78, 5) is 13.8. The molecule has 2 N–H and O–H groups in total. The fourth-order valence-corrected chi connectivity index (χ4v) is 2.26. The number of rotatable bonds is 3. The number of carbonyl (C=O) groups excluding carboxylic acids is 1. The van der Waals surface area contributed by atoms with Crippen molar-refractivity contribution in [3.8, 4) is 0 Å². The predicted molar refractivity (Wildman–Crippen MR) is 69.8 cm³/mol. The maximum atomic E-state index is 11.9. The Kier molecular flexibility index (Phi) is 7.77. The normalized spacial score (nSPS) is 19.4. The average molecular weight is 249 g/mol. The average Bonchev–Trinajstić information content (AvgIpc) is 2.54. The summed E-state index contributed by atoms with van der Waals surface area (Å²) in [7, 11) is 1.91. The Morgan fingerprint density at radius 3 is 2.25 bits per heavy atom. The van der Waals surface area contributed by atoms with E-state index in [0.717, 1.165) is 19.3 Å². The van der Waals surface area contributed by atoms with Gasteiger partial charge in [0.25, 0.3) is 0 Å². The van der Waals surface area contributed by atoms with Crippen LogP contribution in [0.2, 0.25) is 0 Å². The van der Waals surface area contributed by atoms with Gasteiger partial charge in [0.2, 0.25) is 5.91 Å². The summed E-state index contributed by atoms with van der Waals surface area (Å²) in [5.74, 6) is 0.115. The van der Waals surface area contributed by atoms with Crippen molar-refractivity contribution in [2.45, 2.75) is 64.0 Å². The fourth-order valence-electron chi connectivity index (χ4n) is 2.26. The highest BCUT2D eigenvalue weighted by Gasteiger charge is 2.23. The quantitative estimate of drug-likeness (QED) is 0.780. The van der Waals surface area contributed by atoms with Crippen molar-refractivity contribution in [2.75, 3.05) is 7.05 Å². The Morgan fingerprint density at radius 2 is 1.81 bits per heavy atom. The topological polar surface area (TPSA) is 46.3 Å². The summed E-state index contributed by atoms with van der Waals surface area (Å²) in [5, 5.41) is 0. The number of hydrogen-bond acceptors (Lipinski definition) is 2. The Hall–Kier alpha value is -0.280. The smallest absolute Gasteiger partial charge is 0.239 e. The summed E-state index contributed by atoms with van der Waals surface area (Å²) >= 11 is 0. The molecule has 0 spiro atoms. The second kappa shape index (κ2) is 7.91. The van der Waals surface area contributed by atoms with E-state index >= 15 is 0 Å². The van der Waals surface area contributed by atoms with E-state index in [1.165, 1.54) is 25.7 Å². The van der Waals surface area contributed by atoms with Crippen molar-refractivity contribution in [1.29, 1.82) is 0 Å². The number of halogens is 1. The van der Waals surface area contributed by atoms with Crippen molar-refractivity contribution in [2.24, 2.45) is 5.73 Å². The highest BCUT2D eigenvalue weighted by Crippen LogP contribution is 2.21. The van der Waals surface area contributed by atoms with Crippen LogP contribution in [-0.2, 0) is 4.79 Å². The molecule has 0 radical (unpaired) electrons. The SMILES string of the molecule is CC[C@H](N)C(=O)N(C)C1CCCCCC1.Cl. The van der Waals surface area contributed by atoms with Crippen molar-refractivity contribution < 1.29 is 4.79 Å². The van der Waals surface area contributed by atoms with Crippen molar-refractivity contribution in [3.05, 3.63) is 0 Å². The van der Waals surface area contributed by atoms with Crippen molar-refractivity contribution >= 4 is 18.3 Å². The maximum Gasteiger partial charge on any atom is 0.239 e. The molecule has 3 nitrogen and oxygen atoms in total. The van der Waals surface area contributed by atoms with Gasteiger partial charge in [-0.2, -0.15) is 0 Å². The van der Waals surface area contributed by atoms with Crippen molar-refractivity contribution in [1.82, 2.24) is 4.90 Å². The number of nitrogens with zero attached hydrogens (tertiary/aromatic N) is 1. The first-order chi connectivity index (χ1) is 7.16. The summed E-state index contributed by atoms with van der Waals surface area (Å²) in [6, 6.07) is 0.121. The number of carbonyl (C=O) groups is 1. The molecule has 1 saturated carbocycles. The molecule has 1 fully saturated rings. The Bertz CT molecular complexity index is 203. The minimum atomic E-state index is -0.307. The van der Waals surface area contributed by atoms with Crippen LogP contribution in [0, 0.1) is 0 Å². The highest BCUT2D eigenvalue weighted by molar-refractivity contribution is 5.85. The first kappa shape index (κ1) is 15.7. The molecule has 4 heteroatoms.